The van der Waals surface area contributed by atoms with Crippen LogP contribution in [-0.4, -0.2) is 34.7 Å². The minimum Gasteiger partial charge on any atom is -0.395 e. The molecule has 1 fully saturated rings. The maximum Gasteiger partial charge on any atom is 0.433 e. The summed E-state index contributed by atoms with van der Waals surface area (Å²) < 4.78 is 4.97. The Hall–Kier alpha value is -3.94. The van der Waals surface area contributed by atoms with E-state index in [4.69, 9.17) is 4.42 Å². The van der Waals surface area contributed by atoms with Gasteiger partial charge < -0.3 is 14.2 Å². The molecule has 8 heteroatoms. The molecule has 1 aliphatic heterocycles. The third-order valence-corrected chi connectivity index (χ3v) is 5.02. The van der Waals surface area contributed by atoms with Gasteiger partial charge in [-0.1, -0.05) is 48.5 Å². The summed E-state index contributed by atoms with van der Waals surface area (Å²) in [5.74, 6) is -1.45. The van der Waals surface area contributed by atoms with Crippen LogP contribution in [0.2, 0.25) is 0 Å². The zero-order valence-electron chi connectivity index (χ0n) is 16.0. The van der Waals surface area contributed by atoms with Crippen LogP contribution in [0, 0.1) is 16.0 Å². The SMILES string of the molecule is O=C(c1ccc([N+](=O)[O-])o1)N1CC(C(=O)N(Cc2ccccc2)c2ccccc2)C1. The Bertz CT molecular complexity index is 1060. The zero-order valence-corrected chi connectivity index (χ0v) is 16.0. The number of benzene rings is 2. The third kappa shape index (κ3) is 3.93. The van der Waals surface area contributed by atoms with Crippen molar-refractivity contribution in [3.05, 3.63) is 94.2 Å². The summed E-state index contributed by atoms with van der Waals surface area (Å²) in [7, 11) is 0. The summed E-state index contributed by atoms with van der Waals surface area (Å²) in [6.45, 7) is 0.910. The predicted octanol–water partition coefficient (Wildman–Crippen LogP) is 3.49. The molecule has 2 amide bonds. The summed E-state index contributed by atoms with van der Waals surface area (Å²) >= 11 is 0. The first kappa shape index (κ1) is 19.4. The van der Waals surface area contributed by atoms with E-state index in [1.54, 1.807) is 4.90 Å². The quantitative estimate of drug-likeness (QED) is 0.462. The minimum absolute atomic E-state index is 0.0699. The Morgan fingerprint density at radius 1 is 1.00 bits per heavy atom. The first-order chi connectivity index (χ1) is 14.5. The fourth-order valence-electron chi connectivity index (χ4n) is 3.39. The molecule has 0 spiro atoms. The van der Waals surface area contributed by atoms with E-state index in [0.717, 1.165) is 17.3 Å². The normalized spacial score (nSPS) is 13.5. The number of carbonyl (C=O) groups excluding carboxylic acids is 2. The molecule has 0 radical (unpaired) electrons. The molecule has 0 bridgehead atoms. The van der Waals surface area contributed by atoms with Gasteiger partial charge in [-0.25, -0.2) is 0 Å². The maximum atomic E-state index is 13.2. The summed E-state index contributed by atoms with van der Waals surface area (Å²) in [5.41, 5.74) is 1.79. The highest BCUT2D eigenvalue weighted by Gasteiger charge is 2.39. The first-order valence-corrected chi connectivity index (χ1v) is 9.47. The standard InChI is InChI=1S/C22H19N3O5/c26-21(17-14-23(15-17)22(27)19-11-12-20(30-19)25(28)29)24(18-9-5-2-6-10-18)13-16-7-3-1-4-8-16/h1-12,17H,13-15H2. The van der Waals surface area contributed by atoms with Crippen LogP contribution < -0.4 is 4.90 Å². The number of anilines is 1. The second kappa shape index (κ2) is 8.20. The summed E-state index contributed by atoms with van der Waals surface area (Å²) in [5, 5.41) is 10.7. The molecule has 1 aromatic heterocycles. The van der Waals surface area contributed by atoms with Crippen LogP contribution in [0.15, 0.2) is 77.2 Å². The number of amides is 2. The number of hydrogen-bond donors (Lipinski definition) is 0. The highest BCUT2D eigenvalue weighted by molar-refractivity contribution is 5.98. The van der Waals surface area contributed by atoms with Crippen molar-refractivity contribution in [1.29, 1.82) is 0 Å². The fraction of sp³-hybridized carbons (Fsp3) is 0.182. The zero-order chi connectivity index (χ0) is 21.1. The number of carbonyl (C=O) groups is 2. The van der Waals surface area contributed by atoms with Gasteiger partial charge in [0.2, 0.25) is 5.91 Å². The molecule has 0 atom stereocenters. The van der Waals surface area contributed by atoms with E-state index in [1.807, 2.05) is 60.7 Å². The van der Waals surface area contributed by atoms with Crippen molar-refractivity contribution in [2.75, 3.05) is 18.0 Å². The van der Waals surface area contributed by atoms with Crippen molar-refractivity contribution in [3.63, 3.8) is 0 Å². The van der Waals surface area contributed by atoms with Crippen molar-refractivity contribution in [2.24, 2.45) is 5.92 Å². The van der Waals surface area contributed by atoms with E-state index in [0.29, 0.717) is 6.54 Å². The van der Waals surface area contributed by atoms with Gasteiger partial charge in [0.1, 0.15) is 4.92 Å². The lowest BCUT2D eigenvalue weighted by Crippen LogP contribution is -2.56. The van der Waals surface area contributed by atoms with Crippen LogP contribution in [0.3, 0.4) is 0 Å². The molecular weight excluding hydrogens is 386 g/mol. The van der Waals surface area contributed by atoms with Crippen molar-refractivity contribution in [1.82, 2.24) is 4.90 Å². The maximum absolute atomic E-state index is 13.2. The molecule has 1 saturated heterocycles. The van der Waals surface area contributed by atoms with Crippen LogP contribution in [0.5, 0.6) is 0 Å². The van der Waals surface area contributed by atoms with Gasteiger partial charge in [0.25, 0.3) is 5.91 Å². The van der Waals surface area contributed by atoms with Gasteiger partial charge in [-0.2, -0.15) is 0 Å². The molecule has 1 aliphatic rings. The number of nitro groups is 1. The molecule has 30 heavy (non-hydrogen) atoms. The molecule has 8 nitrogen and oxygen atoms in total. The Labute approximate surface area is 172 Å². The summed E-state index contributed by atoms with van der Waals surface area (Å²) in [4.78, 5) is 38.9. The van der Waals surface area contributed by atoms with Crippen LogP contribution in [-0.2, 0) is 11.3 Å². The minimum atomic E-state index is -0.694. The van der Waals surface area contributed by atoms with E-state index in [1.165, 1.54) is 11.0 Å². The average Bonchev–Trinajstić information content (AvgIpc) is 3.23. The van der Waals surface area contributed by atoms with Gasteiger partial charge in [0.05, 0.1) is 18.5 Å². The number of rotatable bonds is 6. The molecule has 4 rings (SSSR count). The van der Waals surface area contributed by atoms with Gasteiger partial charge in [0, 0.05) is 18.8 Å². The second-order valence-electron chi connectivity index (χ2n) is 7.05. The molecule has 0 unspecified atom stereocenters. The lowest BCUT2D eigenvalue weighted by atomic mass is 9.97. The van der Waals surface area contributed by atoms with E-state index in [-0.39, 0.29) is 30.7 Å². The van der Waals surface area contributed by atoms with Crippen LogP contribution in [0.25, 0.3) is 0 Å². The monoisotopic (exact) mass is 405 g/mol. The predicted molar refractivity (Wildman–Crippen MR) is 109 cm³/mol. The lowest BCUT2D eigenvalue weighted by molar-refractivity contribution is -0.402. The van der Waals surface area contributed by atoms with E-state index >= 15 is 0 Å². The Morgan fingerprint density at radius 3 is 2.23 bits per heavy atom. The Kier molecular flexibility index (Phi) is 5.30. The first-order valence-electron chi connectivity index (χ1n) is 9.47. The molecule has 0 saturated carbocycles. The largest absolute Gasteiger partial charge is 0.433 e. The number of furan rings is 1. The third-order valence-electron chi connectivity index (χ3n) is 5.02. The molecule has 0 aliphatic carbocycles. The van der Waals surface area contributed by atoms with Gasteiger partial charge in [-0.05, 0) is 23.8 Å². The van der Waals surface area contributed by atoms with Crippen LogP contribution in [0.4, 0.5) is 11.6 Å². The van der Waals surface area contributed by atoms with Gasteiger partial charge >= 0.3 is 5.88 Å². The van der Waals surface area contributed by atoms with Crippen LogP contribution in [0.1, 0.15) is 16.1 Å². The van der Waals surface area contributed by atoms with Crippen molar-refractivity contribution < 1.29 is 18.9 Å². The lowest BCUT2D eigenvalue weighted by Gasteiger charge is -2.40. The van der Waals surface area contributed by atoms with Crippen molar-refractivity contribution in [2.45, 2.75) is 6.54 Å². The topological polar surface area (TPSA) is 96.9 Å². The molecule has 3 aromatic rings. The van der Waals surface area contributed by atoms with E-state index < -0.39 is 16.7 Å². The van der Waals surface area contributed by atoms with Crippen molar-refractivity contribution >= 4 is 23.4 Å². The molecular formula is C22H19N3O5. The highest BCUT2D eigenvalue weighted by atomic mass is 16.6. The Morgan fingerprint density at radius 2 is 1.63 bits per heavy atom. The molecule has 2 aromatic carbocycles. The Balaban J connectivity index is 1.45. The van der Waals surface area contributed by atoms with Gasteiger partial charge in [0.15, 0.2) is 5.76 Å². The number of hydrogen-bond acceptors (Lipinski definition) is 5. The summed E-state index contributed by atoms with van der Waals surface area (Å²) in [6, 6.07) is 21.5. The molecule has 2 heterocycles. The summed E-state index contributed by atoms with van der Waals surface area (Å²) in [6.07, 6.45) is 0. The molecule has 0 N–H and O–H groups in total. The highest BCUT2D eigenvalue weighted by Crippen LogP contribution is 2.27. The van der Waals surface area contributed by atoms with E-state index in [2.05, 4.69) is 0 Å². The number of nitrogens with zero attached hydrogens (tertiary/aromatic N) is 3. The van der Waals surface area contributed by atoms with Crippen LogP contribution >= 0.6 is 0 Å². The fourth-order valence-corrected chi connectivity index (χ4v) is 3.39. The van der Waals surface area contributed by atoms with Crippen molar-refractivity contribution in [3.8, 4) is 0 Å². The number of likely N-dealkylation sites (tertiary alicyclic amines) is 1. The van der Waals surface area contributed by atoms with Gasteiger partial charge in [-0.3, -0.25) is 19.7 Å². The smallest absolute Gasteiger partial charge is 0.395 e. The number of para-hydroxylation sites is 1. The molecule has 152 valence electrons. The second-order valence-corrected chi connectivity index (χ2v) is 7.05. The van der Waals surface area contributed by atoms with Gasteiger partial charge in [-0.15, -0.1) is 0 Å². The average molecular weight is 405 g/mol. The van der Waals surface area contributed by atoms with E-state index in [9.17, 15) is 19.7 Å².